The molecule has 2 saturated heterocycles. The number of piperidine rings is 1. The number of carbonyl (C=O) groups excluding carboxylic acids is 2. The number of nitrogens with zero attached hydrogens (tertiary/aromatic N) is 4. The maximum absolute atomic E-state index is 13.0. The number of likely N-dealkylation sites (tertiary alicyclic amines) is 1. The monoisotopic (exact) mass is 381 g/mol. The predicted octanol–water partition coefficient (Wildman–Crippen LogP) is 2.69. The van der Waals surface area contributed by atoms with E-state index >= 15 is 0 Å². The van der Waals surface area contributed by atoms with Gasteiger partial charge in [-0.3, -0.25) is 14.7 Å². The molecule has 0 saturated carbocycles. The van der Waals surface area contributed by atoms with E-state index in [2.05, 4.69) is 41.2 Å². The number of H-pyrrole nitrogens is 1. The first-order chi connectivity index (χ1) is 13.5. The van der Waals surface area contributed by atoms with Crippen LogP contribution in [0, 0.1) is 5.92 Å². The summed E-state index contributed by atoms with van der Waals surface area (Å²) in [5, 5.41) is 6.85. The molecule has 4 rings (SSSR count). The number of hydrogen-bond acceptors (Lipinski definition) is 4. The highest BCUT2D eigenvalue weighted by atomic mass is 16.2. The number of aromatic amines is 1. The van der Waals surface area contributed by atoms with Crippen molar-refractivity contribution in [3.05, 3.63) is 42.0 Å². The third-order valence-corrected chi connectivity index (χ3v) is 5.97. The van der Waals surface area contributed by atoms with E-state index < -0.39 is 0 Å². The van der Waals surface area contributed by atoms with Gasteiger partial charge >= 0.3 is 0 Å². The lowest BCUT2D eigenvalue weighted by Crippen LogP contribution is -2.42. The first-order valence-corrected chi connectivity index (χ1v) is 10.1. The van der Waals surface area contributed by atoms with Crippen LogP contribution in [0.4, 0.5) is 5.69 Å². The minimum Gasteiger partial charge on any atom is -0.342 e. The van der Waals surface area contributed by atoms with Crippen LogP contribution in [0.2, 0.25) is 0 Å². The van der Waals surface area contributed by atoms with Gasteiger partial charge in [-0.2, -0.15) is 5.10 Å². The van der Waals surface area contributed by atoms with Crippen LogP contribution in [0.25, 0.3) is 0 Å². The lowest BCUT2D eigenvalue weighted by Gasteiger charge is -2.32. The van der Waals surface area contributed by atoms with Crippen LogP contribution in [0.5, 0.6) is 0 Å². The Labute approximate surface area is 165 Å². The molecule has 28 heavy (non-hydrogen) atoms. The number of carbonyl (C=O) groups is 2. The first-order valence-electron chi connectivity index (χ1n) is 10.1. The number of anilines is 1. The summed E-state index contributed by atoms with van der Waals surface area (Å²) in [6.45, 7) is 6.18. The Morgan fingerprint density at radius 1 is 1.18 bits per heavy atom. The molecule has 2 aliphatic heterocycles. The smallest absolute Gasteiger partial charge is 0.228 e. The molecule has 0 unspecified atom stereocenters. The van der Waals surface area contributed by atoms with E-state index in [1.165, 1.54) is 11.9 Å². The standard InChI is InChI=1S/C21H27N5O2/c1-14(2)15-3-5-18(6-4-15)26-12-17(11-19(26)27)21(28)25-9-7-16(8-10-25)20-22-13-23-24-20/h3-6,13-14,16-17H,7-12H2,1-2H3,(H,22,23,24)/t17-/m0/s1. The SMILES string of the molecule is CC(C)c1ccc(N2C[C@@H](C(=O)N3CCC(c4ncn[nH]4)CC3)CC2=O)cc1. The topological polar surface area (TPSA) is 82.2 Å². The van der Waals surface area contributed by atoms with E-state index in [-0.39, 0.29) is 17.7 Å². The summed E-state index contributed by atoms with van der Waals surface area (Å²) in [5.41, 5.74) is 2.13. The number of aromatic nitrogens is 3. The van der Waals surface area contributed by atoms with Crippen LogP contribution >= 0.6 is 0 Å². The van der Waals surface area contributed by atoms with Crippen molar-refractivity contribution in [1.82, 2.24) is 20.1 Å². The molecule has 2 fully saturated rings. The van der Waals surface area contributed by atoms with Crippen molar-refractivity contribution in [1.29, 1.82) is 0 Å². The second-order valence-electron chi connectivity index (χ2n) is 8.12. The molecule has 148 valence electrons. The second kappa shape index (κ2) is 7.73. The van der Waals surface area contributed by atoms with Crippen LogP contribution < -0.4 is 4.90 Å². The minimum atomic E-state index is -0.251. The molecule has 0 aliphatic carbocycles. The van der Waals surface area contributed by atoms with Crippen LogP contribution in [-0.2, 0) is 9.59 Å². The molecule has 0 bridgehead atoms. The highest BCUT2D eigenvalue weighted by Gasteiger charge is 2.38. The van der Waals surface area contributed by atoms with Gasteiger partial charge in [-0.1, -0.05) is 26.0 Å². The van der Waals surface area contributed by atoms with Crippen molar-refractivity contribution in [2.45, 2.75) is 44.9 Å². The summed E-state index contributed by atoms with van der Waals surface area (Å²) in [6.07, 6.45) is 3.58. The molecule has 2 aromatic rings. The summed E-state index contributed by atoms with van der Waals surface area (Å²) in [6, 6.07) is 8.11. The van der Waals surface area contributed by atoms with Gasteiger partial charge in [0.05, 0.1) is 5.92 Å². The van der Waals surface area contributed by atoms with Gasteiger partial charge in [-0.05, 0) is 36.5 Å². The summed E-state index contributed by atoms with van der Waals surface area (Å²) >= 11 is 0. The van der Waals surface area contributed by atoms with Crippen LogP contribution in [0.3, 0.4) is 0 Å². The zero-order valence-electron chi connectivity index (χ0n) is 16.5. The number of rotatable bonds is 4. The number of nitrogens with one attached hydrogen (secondary N) is 1. The Morgan fingerprint density at radius 2 is 1.89 bits per heavy atom. The Kier molecular flexibility index (Phi) is 5.15. The second-order valence-corrected chi connectivity index (χ2v) is 8.12. The molecule has 3 heterocycles. The van der Waals surface area contributed by atoms with Gasteiger partial charge < -0.3 is 9.80 Å². The Hall–Kier alpha value is -2.70. The van der Waals surface area contributed by atoms with Crippen molar-refractivity contribution in [2.24, 2.45) is 5.92 Å². The normalized spacial score (nSPS) is 21.0. The lowest BCUT2D eigenvalue weighted by molar-refractivity contribution is -0.136. The van der Waals surface area contributed by atoms with Gasteiger partial charge in [0.2, 0.25) is 11.8 Å². The van der Waals surface area contributed by atoms with Crippen molar-refractivity contribution in [3.63, 3.8) is 0 Å². The summed E-state index contributed by atoms with van der Waals surface area (Å²) in [5.74, 6) is 1.57. The summed E-state index contributed by atoms with van der Waals surface area (Å²) < 4.78 is 0. The van der Waals surface area contributed by atoms with Crippen molar-refractivity contribution >= 4 is 17.5 Å². The Bertz CT molecular complexity index is 823. The van der Waals surface area contributed by atoms with Gasteiger partial charge in [0.25, 0.3) is 0 Å². The molecule has 2 aliphatic rings. The van der Waals surface area contributed by atoms with E-state index in [1.807, 2.05) is 17.0 Å². The van der Waals surface area contributed by atoms with Gasteiger partial charge in [0.15, 0.2) is 0 Å². The average Bonchev–Trinajstić information content (AvgIpc) is 3.38. The van der Waals surface area contributed by atoms with E-state index in [9.17, 15) is 9.59 Å². The van der Waals surface area contributed by atoms with E-state index in [0.29, 0.717) is 37.9 Å². The molecule has 0 radical (unpaired) electrons. The first kappa shape index (κ1) is 18.7. The minimum absolute atomic E-state index is 0.0344. The van der Waals surface area contributed by atoms with E-state index in [4.69, 9.17) is 0 Å². The molecule has 7 heteroatoms. The molecule has 0 spiro atoms. The summed E-state index contributed by atoms with van der Waals surface area (Å²) in [7, 11) is 0. The highest BCUT2D eigenvalue weighted by Crippen LogP contribution is 2.30. The fourth-order valence-corrected chi connectivity index (χ4v) is 4.20. The zero-order chi connectivity index (χ0) is 19.7. The van der Waals surface area contributed by atoms with Crippen LogP contribution in [0.15, 0.2) is 30.6 Å². The number of hydrogen-bond donors (Lipinski definition) is 1. The van der Waals surface area contributed by atoms with Crippen molar-refractivity contribution < 1.29 is 9.59 Å². The molecule has 1 N–H and O–H groups in total. The number of benzene rings is 1. The van der Waals surface area contributed by atoms with E-state index in [1.54, 1.807) is 4.90 Å². The third-order valence-electron chi connectivity index (χ3n) is 5.97. The molecule has 1 atom stereocenters. The molecule has 7 nitrogen and oxygen atoms in total. The van der Waals surface area contributed by atoms with Gasteiger partial charge in [0, 0.05) is 37.7 Å². The fourth-order valence-electron chi connectivity index (χ4n) is 4.20. The average molecular weight is 381 g/mol. The number of amides is 2. The van der Waals surface area contributed by atoms with Crippen LogP contribution in [-0.4, -0.2) is 51.5 Å². The van der Waals surface area contributed by atoms with Gasteiger partial charge in [0.1, 0.15) is 12.2 Å². The van der Waals surface area contributed by atoms with Crippen LogP contribution in [0.1, 0.15) is 56.3 Å². The lowest BCUT2D eigenvalue weighted by atomic mass is 9.95. The molecule has 1 aromatic heterocycles. The molecular weight excluding hydrogens is 354 g/mol. The molecule has 2 amide bonds. The summed E-state index contributed by atoms with van der Waals surface area (Å²) in [4.78, 5) is 33.4. The highest BCUT2D eigenvalue weighted by molar-refractivity contribution is 6.00. The Balaban J connectivity index is 1.36. The van der Waals surface area contributed by atoms with Crippen molar-refractivity contribution in [3.8, 4) is 0 Å². The van der Waals surface area contributed by atoms with Gasteiger partial charge in [-0.15, -0.1) is 0 Å². The molecule has 1 aromatic carbocycles. The van der Waals surface area contributed by atoms with Crippen molar-refractivity contribution in [2.75, 3.05) is 24.5 Å². The third kappa shape index (κ3) is 3.66. The Morgan fingerprint density at radius 3 is 2.50 bits per heavy atom. The molecular formula is C21H27N5O2. The van der Waals surface area contributed by atoms with Gasteiger partial charge in [-0.25, -0.2) is 4.98 Å². The largest absolute Gasteiger partial charge is 0.342 e. The zero-order valence-corrected chi connectivity index (χ0v) is 16.5. The maximum Gasteiger partial charge on any atom is 0.228 e. The quantitative estimate of drug-likeness (QED) is 0.883. The fraction of sp³-hybridized carbons (Fsp3) is 0.524. The predicted molar refractivity (Wildman–Crippen MR) is 106 cm³/mol. The van der Waals surface area contributed by atoms with E-state index in [0.717, 1.165) is 24.4 Å². The maximum atomic E-state index is 13.0.